The van der Waals surface area contributed by atoms with E-state index in [1.807, 2.05) is 12.1 Å². The third-order valence-electron chi connectivity index (χ3n) is 1.67. The third kappa shape index (κ3) is 3.34. The molecular weight excluding hydrogens is 196 g/mol. The van der Waals surface area contributed by atoms with Gasteiger partial charge in [0.1, 0.15) is 0 Å². The average Bonchev–Trinajstić information content (AvgIpc) is 2.29. The summed E-state index contributed by atoms with van der Waals surface area (Å²) < 4.78 is 14.7. The molecule has 0 N–H and O–H groups in total. The number of hydrogen-bond donors (Lipinski definition) is 0. The number of rotatable bonds is 4. The van der Waals surface area contributed by atoms with Gasteiger partial charge in [0, 0.05) is 0 Å². The van der Waals surface area contributed by atoms with Crippen LogP contribution in [0.5, 0.6) is 11.5 Å². The number of methoxy groups -OCH3 is 2. The molecule has 0 atom stereocenters. The molecule has 0 radical (unpaired) electrons. The van der Waals surface area contributed by atoms with E-state index in [4.69, 9.17) is 9.47 Å². The fourth-order valence-electron chi connectivity index (χ4n) is 0.947. The lowest BCUT2D eigenvalue weighted by Crippen LogP contribution is -1.95. The van der Waals surface area contributed by atoms with Gasteiger partial charge < -0.3 is 14.2 Å². The summed E-state index contributed by atoms with van der Waals surface area (Å²) in [5.74, 6) is 0.678. The molecule has 0 saturated heterocycles. The molecule has 0 fully saturated rings. The fraction of sp³-hybridized carbons (Fsp3) is 0.182. The summed E-state index contributed by atoms with van der Waals surface area (Å²) in [5, 5.41) is 0. The number of carbonyl (C=O) groups excluding carboxylic acids is 1. The summed E-state index contributed by atoms with van der Waals surface area (Å²) in [6.07, 6.45) is 2.44. The van der Waals surface area contributed by atoms with E-state index >= 15 is 0 Å². The highest BCUT2D eigenvalue weighted by Crippen LogP contribution is 2.25. The Hall–Kier alpha value is -1.97. The molecule has 0 spiro atoms. The van der Waals surface area contributed by atoms with E-state index in [9.17, 15) is 4.79 Å². The van der Waals surface area contributed by atoms with E-state index in [1.165, 1.54) is 19.4 Å². The van der Waals surface area contributed by atoms with Gasteiger partial charge in [0.15, 0.2) is 11.5 Å². The van der Waals surface area contributed by atoms with Crippen LogP contribution in [0, 0.1) is 0 Å². The molecule has 0 amide bonds. The van der Waals surface area contributed by atoms with Crippen molar-refractivity contribution in [1.29, 1.82) is 0 Å². The maximum Gasteiger partial charge on any atom is 0.333 e. The monoisotopic (exact) mass is 208 g/mol. The molecule has 0 aliphatic carbocycles. The van der Waals surface area contributed by atoms with E-state index in [1.54, 1.807) is 19.2 Å². The van der Waals surface area contributed by atoms with Gasteiger partial charge in [-0.05, 0) is 12.1 Å². The summed E-state index contributed by atoms with van der Waals surface area (Å²) in [5.41, 5.74) is 0. The second-order valence-electron chi connectivity index (χ2n) is 2.59. The molecule has 1 rings (SSSR count). The predicted molar refractivity (Wildman–Crippen MR) is 54.8 cm³/mol. The summed E-state index contributed by atoms with van der Waals surface area (Å²) in [7, 11) is 2.85. The lowest BCUT2D eigenvalue weighted by atomic mass is 10.3. The van der Waals surface area contributed by atoms with Crippen molar-refractivity contribution in [3.05, 3.63) is 36.6 Å². The first kappa shape index (κ1) is 11.1. The molecule has 0 saturated carbocycles. The van der Waals surface area contributed by atoms with Gasteiger partial charge >= 0.3 is 5.97 Å². The molecule has 0 aromatic heterocycles. The molecule has 4 nitrogen and oxygen atoms in total. The largest absolute Gasteiger partial charge is 0.493 e. The first-order valence-corrected chi connectivity index (χ1v) is 4.32. The van der Waals surface area contributed by atoms with E-state index in [2.05, 4.69) is 4.74 Å². The Labute approximate surface area is 88.1 Å². The van der Waals surface area contributed by atoms with Crippen LogP contribution >= 0.6 is 0 Å². The van der Waals surface area contributed by atoms with Crippen molar-refractivity contribution in [3.8, 4) is 11.5 Å². The molecule has 0 unspecified atom stereocenters. The lowest BCUT2D eigenvalue weighted by molar-refractivity contribution is -0.134. The number of hydrogen-bond acceptors (Lipinski definition) is 4. The van der Waals surface area contributed by atoms with Crippen molar-refractivity contribution in [1.82, 2.24) is 0 Å². The highest BCUT2D eigenvalue weighted by Gasteiger charge is 2.00. The molecule has 4 heteroatoms. The van der Waals surface area contributed by atoms with Crippen molar-refractivity contribution < 1.29 is 19.0 Å². The highest BCUT2D eigenvalue weighted by atomic mass is 16.5. The van der Waals surface area contributed by atoms with Crippen molar-refractivity contribution >= 4 is 5.97 Å². The number of para-hydroxylation sites is 2. The highest BCUT2D eigenvalue weighted by molar-refractivity contribution is 5.81. The Morgan fingerprint density at radius 3 is 2.47 bits per heavy atom. The zero-order chi connectivity index (χ0) is 11.1. The van der Waals surface area contributed by atoms with E-state index in [0.717, 1.165) is 0 Å². The zero-order valence-electron chi connectivity index (χ0n) is 8.60. The minimum atomic E-state index is -0.468. The quantitative estimate of drug-likeness (QED) is 0.429. The van der Waals surface area contributed by atoms with Crippen molar-refractivity contribution in [2.24, 2.45) is 0 Å². The SMILES string of the molecule is COC(=O)C=COc1ccccc1OC. The molecule has 0 aliphatic heterocycles. The van der Waals surface area contributed by atoms with Crippen LogP contribution in [0.15, 0.2) is 36.6 Å². The number of benzene rings is 1. The van der Waals surface area contributed by atoms with Gasteiger partial charge in [0.25, 0.3) is 0 Å². The van der Waals surface area contributed by atoms with Crippen LogP contribution in [0.25, 0.3) is 0 Å². The Kier molecular flexibility index (Phi) is 4.22. The Bertz CT molecular complexity index is 357. The van der Waals surface area contributed by atoms with E-state index in [0.29, 0.717) is 11.5 Å². The standard InChI is InChI=1S/C11H12O4/c1-13-9-5-3-4-6-10(9)15-8-7-11(12)14-2/h3-8H,1-2H3. The van der Waals surface area contributed by atoms with Crippen LogP contribution in [-0.2, 0) is 9.53 Å². The molecule has 1 aromatic carbocycles. The summed E-state index contributed by atoms with van der Waals surface area (Å²) in [6, 6.07) is 7.14. The topological polar surface area (TPSA) is 44.8 Å². The van der Waals surface area contributed by atoms with Gasteiger partial charge in [0.05, 0.1) is 26.6 Å². The molecule has 80 valence electrons. The van der Waals surface area contributed by atoms with Crippen LogP contribution in [0.2, 0.25) is 0 Å². The second kappa shape index (κ2) is 5.70. The minimum absolute atomic E-state index is 0.468. The fourth-order valence-corrected chi connectivity index (χ4v) is 0.947. The normalized spacial score (nSPS) is 10.0. The maximum absolute atomic E-state index is 10.7. The van der Waals surface area contributed by atoms with Crippen LogP contribution in [0.4, 0.5) is 0 Å². The van der Waals surface area contributed by atoms with Crippen molar-refractivity contribution in [2.45, 2.75) is 0 Å². The van der Waals surface area contributed by atoms with Crippen molar-refractivity contribution in [2.75, 3.05) is 14.2 Å². The average molecular weight is 208 g/mol. The second-order valence-corrected chi connectivity index (χ2v) is 2.59. The Balaban J connectivity index is 2.64. The van der Waals surface area contributed by atoms with Gasteiger partial charge in [-0.25, -0.2) is 4.79 Å². The van der Waals surface area contributed by atoms with Crippen molar-refractivity contribution in [3.63, 3.8) is 0 Å². The van der Waals surface area contributed by atoms with Crippen LogP contribution in [-0.4, -0.2) is 20.2 Å². The smallest absolute Gasteiger partial charge is 0.333 e. The summed E-state index contributed by atoms with van der Waals surface area (Å²) >= 11 is 0. The van der Waals surface area contributed by atoms with Gasteiger partial charge in [-0.1, -0.05) is 12.1 Å². The molecule has 0 aliphatic rings. The zero-order valence-corrected chi connectivity index (χ0v) is 8.60. The molecule has 0 heterocycles. The van der Waals surface area contributed by atoms with Gasteiger partial charge in [0.2, 0.25) is 0 Å². The number of ether oxygens (including phenoxy) is 3. The first-order chi connectivity index (χ1) is 7.27. The van der Waals surface area contributed by atoms with Crippen LogP contribution < -0.4 is 9.47 Å². The van der Waals surface area contributed by atoms with Gasteiger partial charge in [-0.15, -0.1) is 0 Å². The number of carbonyl (C=O) groups is 1. The molecule has 15 heavy (non-hydrogen) atoms. The van der Waals surface area contributed by atoms with Gasteiger partial charge in [-0.3, -0.25) is 0 Å². The number of esters is 1. The predicted octanol–water partition coefficient (Wildman–Crippen LogP) is 1.76. The lowest BCUT2D eigenvalue weighted by Gasteiger charge is -2.05. The summed E-state index contributed by atoms with van der Waals surface area (Å²) in [6.45, 7) is 0. The van der Waals surface area contributed by atoms with Gasteiger partial charge in [-0.2, -0.15) is 0 Å². The molecule has 1 aromatic rings. The maximum atomic E-state index is 10.7. The third-order valence-corrected chi connectivity index (χ3v) is 1.67. The van der Waals surface area contributed by atoms with Crippen LogP contribution in [0.1, 0.15) is 0 Å². The van der Waals surface area contributed by atoms with Crippen LogP contribution in [0.3, 0.4) is 0 Å². The van der Waals surface area contributed by atoms with E-state index < -0.39 is 5.97 Å². The summed E-state index contributed by atoms with van der Waals surface area (Å²) in [4.78, 5) is 10.7. The molecular formula is C11H12O4. The Morgan fingerprint density at radius 1 is 1.20 bits per heavy atom. The molecule has 0 bridgehead atoms. The minimum Gasteiger partial charge on any atom is -0.493 e. The Morgan fingerprint density at radius 2 is 1.87 bits per heavy atom. The van der Waals surface area contributed by atoms with E-state index in [-0.39, 0.29) is 0 Å². The first-order valence-electron chi connectivity index (χ1n) is 4.32.